The summed E-state index contributed by atoms with van der Waals surface area (Å²) in [5.74, 6) is -0.496. The Morgan fingerprint density at radius 2 is 2.25 bits per heavy atom. The summed E-state index contributed by atoms with van der Waals surface area (Å²) < 4.78 is 5.19. The summed E-state index contributed by atoms with van der Waals surface area (Å²) in [4.78, 5) is 11.6. The van der Waals surface area contributed by atoms with Gasteiger partial charge in [-0.25, -0.2) is 4.63 Å². The molecule has 2 rings (SSSR count). The fourth-order valence-corrected chi connectivity index (χ4v) is 1.51. The predicted octanol–water partition coefficient (Wildman–Crippen LogP) is 1.67. The molecule has 16 heavy (non-hydrogen) atoms. The maximum absolute atomic E-state index is 11.6. The maximum Gasteiger partial charge on any atom is 0.281 e. The Morgan fingerprint density at radius 1 is 1.44 bits per heavy atom. The zero-order valence-corrected chi connectivity index (χ0v) is 9.56. The van der Waals surface area contributed by atoms with Crippen molar-refractivity contribution in [2.75, 3.05) is 11.1 Å². The molecule has 0 aliphatic rings. The molecule has 1 aromatic heterocycles. The van der Waals surface area contributed by atoms with Crippen molar-refractivity contribution in [2.24, 2.45) is 0 Å². The van der Waals surface area contributed by atoms with Gasteiger partial charge in [-0.15, -0.1) is 0 Å². The second-order valence-electron chi connectivity index (χ2n) is 2.96. The highest BCUT2D eigenvalue weighted by molar-refractivity contribution is 9.10. The summed E-state index contributed by atoms with van der Waals surface area (Å²) in [5, 5.41) is 9.33. The van der Waals surface area contributed by atoms with E-state index in [1.807, 2.05) is 6.07 Å². The largest absolute Gasteiger partial charge is 0.379 e. The Bertz CT molecular complexity index is 526. The fraction of sp³-hybridized carbons (Fsp3) is 0. The number of carbonyl (C=O) groups is 1. The molecule has 0 atom stereocenters. The van der Waals surface area contributed by atoms with Gasteiger partial charge in [-0.3, -0.25) is 4.79 Å². The van der Waals surface area contributed by atoms with Crippen LogP contribution in [0.25, 0.3) is 0 Å². The quantitative estimate of drug-likeness (QED) is 0.874. The Hall–Kier alpha value is -1.89. The number of nitrogens with one attached hydrogen (secondary N) is 1. The molecule has 1 heterocycles. The van der Waals surface area contributed by atoms with E-state index in [1.165, 1.54) is 0 Å². The van der Waals surface area contributed by atoms with E-state index >= 15 is 0 Å². The second-order valence-corrected chi connectivity index (χ2v) is 3.88. The number of hydrogen-bond donors (Lipinski definition) is 2. The monoisotopic (exact) mass is 282 g/mol. The molecule has 1 aromatic carbocycles. The molecule has 82 valence electrons. The SMILES string of the molecule is Nc1nonc1C(=O)Nc1cccc(Br)c1. The fourth-order valence-electron chi connectivity index (χ4n) is 1.11. The van der Waals surface area contributed by atoms with Gasteiger partial charge in [0, 0.05) is 10.2 Å². The highest BCUT2D eigenvalue weighted by Crippen LogP contribution is 2.16. The van der Waals surface area contributed by atoms with Crippen molar-refractivity contribution < 1.29 is 9.42 Å². The van der Waals surface area contributed by atoms with Gasteiger partial charge in [-0.1, -0.05) is 22.0 Å². The summed E-state index contributed by atoms with van der Waals surface area (Å²) in [6.45, 7) is 0. The maximum atomic E-state index is 11.6. The topological polar surface area (TPSA) is 94.0 Å². The van der Waals surface area contributed by atoms with Crippen LogP contribution in [0.3, 0.4) is 0 Å². The first-order chi connectivity index (χ1) is 7.66. The molecule has 3 N–H and O–H groups in total. The lowest BCUT2D eigenvalue weighted by Gasteiger charge is -2.02. The number of rotatable bonds is 2. The van der Waals surface area contributed by atoms with Gasteiger partial charge in [0.05, 0.1) is 0 Å². The molecular weight excluding hydrogens is 276 g/mol. The van der Waals surface area contributed by atoms with Gasteiger partial charge in [0.1, 0.15) is 0 Å². The standard InChI is InChI=1S/C9H7BrN4O2/c10-5-2-1-3-6(4-5)12-9(15)7-8(11)14-16-13-7/h1-4H,(H2,11,14)(H,12,15). The van der Waals surface area contributed by atoms with Crippen molar-refractivity contribution in [3.8, 4) is 0 Å². The third-order valence-corrected chi connectivity index (χ3v) is 2.30. The Labute approximate surface area is 98.9 Å². The molecule has 7 heteroatoms. The number of aromatic nitrogens is 2. The number of amides is 1. The van der Waals surface area contributed by atoms with Crippen LogP contribution < -0.4 is 11.1 Å². The van der Waals surface area contributed by atoms with E-state index in [-0.39, 0.29) is 11.5 Å². The first-order valence-electron chi connectivity index (χ1n) is 4.32. The van der Waals surface area contributed by atoms with Crippen LogP contribution in [-0.2, 0) is 0 Å². The summed E-state index contributed by atoms with van der Waals surface area (Å²) in [6.07, 6.45) is 0. The Balaban J connectivity index is 2.17. The van der Waals surface area contributed by atoms with Gasteiger partial charge in [-0.05, 0) is 28.5 Å². The number of hydrogen-bond acceptors (Lipinski definition) is 5. The summed E-state index contributed by atoms with van der Waals surface area (Å²) in [5.41, 5.74) is 5.99. The third-order valence-electron chi connectivity index (χ3n) is 1.81. The number of carbonyl (C=O) groups excluding carboxylic acids is 1. The van der Waals surface area contributed by atoms with Crippen molar-refractivity contribution in [1.29, 1.82) is 0 Å². The van der Waals surface area contributed by atoms with Gasteiger partial charge in [0.2, 0.25) is 11.5 Å². The van der Waals surface area contributed by atoms with E-state index in [9.17, 15) is 4.79 Å². The molecule has 1 amide bonds. The molecule has 0 radical (unpaired) electrons. The molecule has 6 nitrogen and oxygen atoms in total. The van der Waals surface area contributed by atoms with Crippen LogP contribution in [0.1, 0.15) is 10.5 Å². The van der Waals surface area contributed by atoms with Crippen LogP contribution in [0.15, 0.2) is 33.4 Å². The van der Waals surface area contributed by atoms with E-state index in [4.69, 9.17) is 5.73 Å². The number of nitrogens with zero attached hydrogens (tertiary/aromatic N) is 2. The zero-order chi connectivity index (χ0) is 11.5. The lowest BCUT2D eigenvalue weighted by molar-refractivity contribution is 0.101. The molecule has 0 spiro atoms. The molecule has 0 unspecified atom stereocenters. The van der Waals surface area contributed by atoms with Crippen molar-refractivity contribution >= 4 is 33.3 Å². The minimum Gasteiger partial charge on any atom is -0.379 e. The van der Waals surface area contributed by atoms with Gasteiger partial charge >= 0.3 is 0 Å². The van der Waals surface area contributed by atoms with E-state index in [1.54, 1.807) is 18.2 Å². The van der Waals surface area contributed by atoms with Crippen LogP contribution in [0.2, 0.25) is 0 Å². The van der Waals surface area contributed by atoms with Gasteiger partial charge < -0.3 is 11.1 Å². The Morgan fingerprint density at radius 3 is 2.88 bits per heavy atom. The van der Waals surface area contributed by atoms with Crippen molar-refractivity contribution in [1.82, 2.24) is 10.3 Å². The Kier molecular flexibility index (Phi) is 2.86. The van der Waals surface area contributed by atoms with Crippen LogP contribution >= 0.6 is 15.9 Å². The predicted molar refractivity (Wildman–Crippen MR) is 60.8 cm³/mol. The normalized spacial score (nSPS) is 10.1. The van der Waals surface area contributed by atoms with E-state index < -0.39 is 5.91 Å². The van der Waals surface area contributed by atoms with Crippen LogP contribution in [0.4, 0.5) is 11.5 Å². The van der Waals surface area contributed by atoms with E-state index in [0.717, 1.165) is 4.47 Å². The molecule has 0 saturated carbocycles. The smallest absolute Gasteiger partial charge is 0.281 e. The first-order valence-corrected chi connectivity index (χ1v) is 5.11. The highest BCUT2D eigenvalue weighted by atomic mass is 79.9. The molecule has 0 fully saturated rings. The summed E-state index contributed by atoms with van der Waals surface area (Å²) >= 11 is 3.29. The van der Waals surface area contributed by atoms with Crippen molar-refractivity contribution in [3.63, 3.8) is 0 Å². The molecule has 0 aliphatic carbocycles. The first kappa shape index (κ1) is 10.6. The third kappa shape index (κ3) is 2.19. The zero-order valence-electron chi connectivity index (χ0n) is 7.98. The van der Waals surface area contributed by atoms with Gasteiger partial charge in [-0.2, -0.15) is 0 Å². The van der Waals surface area contributed by atoms with Crippen LogP contribution in [0.5, 0.6) is 0 Å². The summed E-state index contributed by atoms with van der Waals surface area (Å²) in [6, 6.07) is 7.14. The van der Waals surface area contributed by atoms with Gasteiger partial charge in [0.15, 0.2) is 0 Å². The molecule has 0 saturated heterocycles. The van der Waals surface area contributed by atoms with E-state index in [0.29, 0.717) is 5.69 Å². The number of nitrogen functional groups attached to an aromatic ring is 1. The van der Waals surface area contributed by atoms with Crippen molar-refractivity contribution in [2.45, 2.75) is 0 Å². The van der Waals surface area contributed by atoms with Gasteiger partial charge in [0.25, 0.3) is 5.91 Å². The number of anilines is 2. The summed E-state index contributed by atoms with van der Waals surface area (Å²) in [7, 11) is 0. The second kappa shape index (κ2) is 4.31. The van der Waals surface area contributed by atoms with Crippen LogP contribution in [-0.4, -0.2) is 16.2 Å². The number of nitrogens with two attached hydrogens (primary N) is 1. The lowest BCUT2D eigenvalue weighted by Crippen LogP contribution is -2.14. The van der Waals surface area contributed by atoms with Crippen molar-refractivity contribution in [3.05, 3.63) is 34.4 Å². The molecule has 0 aliphatic heterocycles. The lowest BCUT2D eigenvalue weighted by atomic mass is 10.3. The molecular formula is C9H7BrN4O2. The highest BCUT2D eigenvalue weighted by Gasteiger charge is 2.15. The molecule has 0 bridgehead atoms. The minimum atomic E-state index is -0.461. The van der Waals surface area contributed by atoms with Crippen LogP contribution in [0, 0.1) is 0 Å². The molecule has 2 aromatic rings. The van der Waals surface area contributed by atoms with E-state index in [2.05, 4.69) is 36.2 Å². The average Bonchev–Trinajstić information content (AvgIpc) is 2.64. The number of benzene rings is 1. The average molecular weight is 283 g/mol. The minimum absolute atomic E-state index is 0.0278. The number of halogens is 1.